The maximum absolute atomic E-state index is 11.9. The van der Waals surface area contributed by atoms with Crippen LogP contribution < -0.4 is 11.3 Å². The molecular formula is C13H19N5OS. The molecule has 2 heterocycles. The molecule has 1 fully saturated rings. The zero-order valence-corrected chi connectivity index (χ0v) is 12.3. The highest BCUT2D eigenvalue weighted by Crippen LogP contribution is 2.29. The Bertz CT molecular complexity index is 651. The molecule has 108 valence electrons. The third kappa shape index (κ3) is 2.48. The second kappa shape index (κ2) is 5.59. The van der Waals surface area contributed by atoms with Crippen LogP contribution >= 0.6 is 11.3 Å². The fourth-order valence-corrected chi connectivity index (χ4v) is 3.77. The van der Waals surface area contributed by atoms with Crippen LogP contribution in [0.15, 0.2) is 16.4 Å². The summed E-state index contributed by atoms with van der Waals surface area (Å²) in [5.74, 6) is 0.563. The molecule has 0 spiro atoms. The van der Waals surface area contributed by atoms with E-state index in [2.05, 4.69) is 22.0 Å². The van der Waals surface area contributed by atoms with Gasteiger partial charge in [0.1, 0.15) is 5.51 Å². The van der Waals surface area contributed by atoms with E-state index in [1.165, 1.54) is 35.1 Å². The molecule has 0 radical (unpaired) electrons. The first-order valence-corrected chi connectivity index (χ1v) is 7.80. The topological polar surface area (TPSA) is 76.5 Å². The maximum Gasteiger partial charge on any atom is 0.275 e. The van der Waals surface area contributed by atoms with Gasteiger partial charge in [0.15, 0.2) is 0 Å². The van der Waals surface area contributed by atoms with E-state index < -0.39 is 0 Å². The van der Waals surface area contributed by atoms with E-state index in [1.54, 1.807) is 11.6 Å². The van der Waals surface area contributed by atoms with E-state index in [1.807, 2.05) is 0 Å². The summed E-state index contributed by atoms with van der Waals surface area (Å²) < 4.78 is 1.34. The molecule has 0 saturated heterocycles. The fourth-order valence-electron chi connectivity index (χ4n) is 3.13. The van der Waals surface area contributed by atoms with Gasteiger partial charge in [-0.3, -0.25) is 9.69 Å². The van der Waals surface area contributed by atoms with Crippen molar-refractivity contribution in [1.82, 2.24) is 19.5 Å². The monoisotopic (exact) mass is 293 g/mol. The summed E-state index contributed by atoms with van der Waals surface area (Å²) in [4.78, 5) is 19.4. The molecule has 7 heteroatoms. The summed E-state index contributed by atoms with van der Waals surface area (Å²) in [5.41, 5.74) is 8.18. The van der Waals surface area contributed by atoms with Crippen molar-refractivity contribution < 1.29 is 0 Å². The molecule has 0 aromatic carbocycles. The molecule has 1 aliphatic carbocycles. The van der Waals surface area contributed by atoms with Gasteiger partial charge in [0.05, 0.1) is 5.69 Å². The van der Waals surface area contributed by atoms with Gasteiger partial charge in [0.25, 0.3) is 5.56 Å². The van der Waals surface area contributed by atoms with E-state index in [-0.39, 0.29) is 5.56 Å². The molecule has 2 unspecified atom stereocenters. The van der Waals surface area contributed by atoms with Crippen LogP contribution in [0.4, 0.5) is 0 Å². The zero-order valence-electron chi connectivity index (χ0n) is 11.5. The quantitative estimate of drug-likeness (QED) is 0.898. The molecule has 0 bridgehead atoms. The number of nitrogens with two attached hydrogens (primary N) is 1. The van der Waals surface area contributed by atoms with Crippen molar-refractivity contribution in [3.8, 4) is 0 Å². The average molecular weight is 293 g/mol. The predicted molar refractivity (Wildman–Crippen MR) is 78.8 cm³/mol. The van der Waals surface area contributed by atoms with Crippen LogP contribution in [0.3, 0.4) is 0 Å². The van der Waals surface area contributed by atoms with Gasteiger partial charge in [0, 0.05) is 18.7 Å². The maximum atomic E-state index is 11.9. The third-order valence-electron chi connectivity index (χ3n) is 4.14. The van der Waals surface area contributed by atoms with Crippen molar-refractivity contribution in [2.75, 3.05) is 13.6 Å². The van der Waals surface area contributed by atoms with Gasteiger partial charge in [-0.15, -0.1) is 0 Å². The van der Waals surface area contributed by atoms with E-state index in [9.17, 15) is 4.79 Å². The SMILES string of the molecule is CN(Cc1cc(=O)n2ncsc2n1)C1CCCC1CN. The molecule has 2 atom stereocenters. The number of hydrogen-bond donors (Lipinski definition) is 1. The highest BCUT2D eigenvalue weighted by atomic mass is 32.1. The van der Waals surface area contributed by atoms with Crippen LogP contribution in [0.1, 0.15) is 25.0 Å². The van der Waals surface area contributed by atoms with Crippen molar-refractivity contribution in [2.45, 2.75) is 31.8 Å². The molecule has 3 rings (SSSR count). The van der Waals surface area contributed by atoms with Gasteiger partial charge in [-0.25, -0.2) is 4.98 Å². The first-order chi connectivity index (χ1) is 9.69. The van der Waals surface area contributed by atoms with E-state index in [0.717, 1.165) is 12.2 Å². The Morgan fingerprint density at radius 2 is 2.40 bits per heavy atom. The molecule has 1 aliphatic rings. The number of fused-ring (bicyclic) bond motifs is 1. The molecule has 2 N–H and O–H groups in total. The lowest BCUT2D eigenvalue weighted by molar-refractivity contribution is 0.191. The summed E-state index contributed by atoms with van der Waals surface area (Å²) >= 11 is 1.38. The summed E-state index contributed by atoms with van der Waals surface area (Å²) in [7, 11) is 2.09. The van der Waals surface area contributed by atoms with Gasteiger partial charge >= 0.3 is 0 Å². The highest BCUT2D eigenvalue weighted by Gasteiger charge is 2.29. The van der Waals surface area contributed by atoms with Gasteiger partial charge in [-0.05, 0) is 32.4 Å². The largest absolute Gasteiger partial charge is 0.330 e. The van der Waals surface area contributed by atoms with Crippen molar-refractivity contribution in [3.05, 3.63) is 27.6 Å². The molecule has 2 aromatic heterocycles. The number of nitrogens with zero attached hydrogens (tertiary/aromatic N) is 4. The molecule has 0 aliphatic heterocycles. The number of rotatable bonds is 4. The van der Waals surface area contributed by atoms with Gasteiger partial charge < -0.3 is 5.73 Å². The van der Waals surface area contributed by atoms with Crippen LogP contribution in [0.2, 0.25) is 0 Å². The molecule has 20 heavy (non-hydrogen) atoms. The minimum atomic E-state index is -0.110. The molecule has 6 nitrogen and oxygen atoms in total. The smallest absolute Gasteiger partial charge is 0.275 e. The normalized spacial score (nSPS) is 22.9. The Labute approximate surface area is 121 Å². The minimum absolute atomic E-state index is 0.110. The predicted octanol–water partition coefficient (Wildman–Crippen LogP) is 0.710. The first kappa shape index (κ1) is 13.7. The van der Waals surface area contributed by atoms with Crippen LogP contribution in [-0.4, -0.2) is 39.1 Å². The van der Waals surface area contributed by atoms with Crippen LogP contribution in [0.25, 0.3) is 4.96 Å². The van der Waals surface area contributed by atoms with E-state index >= 15 is 0 Å². The average Bonchev–Trinajstić information content (AvgIpc) is 3.06. The molecular weight excluding hydrogens is 274 g/mol. The van der Waals surface area contributed by atoms with Crippen LogP contribution in [0, 0.1) is 5.92 Å². The highest BCUT2D eigenvalue weighted by molar-refractivity contribution is 7.14. The van der Waals surface area contributed by atoms with Crippen LogP contribution in [0.5, 0.6) is 0 Å². The molecule has 2 aromatic rings. The summed E-state index contributed by atoms with van der Waals surface area (Å²) in [5, 5.41) is 3.97. The van der Waals surface area contributed by atoms with Crippen molar-refractivity contribution in [3.63, 3.8) is 0 Å². The minimum Gasteiger partial charge on any atom is -0.330 e. The third-order valence-corrected chi connectivity index (χ3v) is 4.81. The molecule has 0 amide bonds. The second-order valence-electron chi connectivity index (χ2n) is 5.43. The van der Waals surface area contributed by atoms with E-state index in [0.29, 0.717) is 23.5 Å². The van der Waals surface area contributed by atoms with Gasteiger partial charge in [0.2, 0.25) is 4.96 Å². The summed E-state index contributed by atoms with van der Waals surface area (Å²) in [6.45, 7) is 1.42. The Morgan fingerprint density at radius 3 is 3.20 bits per heavy atom. The Balaban J connectivity index is 1.80. The Kier molecular flexibility index (Phi) is 3.82. The lowest BCUT2D eigenvalue weighted by Crippen LogP contribution is -2.37. The van der Waals surface area contributed by atoms with Gasteiger partial charge in [-0.1, -0.05) is 17.8 Å². The Morgan fingerprint density at radius 1 is 1.55 bits per heavy atom. The van der Waals surface area contributed by atoms with Crippen LogP contribution in [-0.2, 0) is 6.54 Å². The summed E-state index contributed by atoms with van der Waals surface area (Å²) in [6, 6.07) is 2.08. The number of hydrogen-bond acceptors (Lipinski definition) is 6. The first-order valence-electron chi connectivity index (χ1n) is 6.92. The van der Waals surface area contributed by atoms with Crippen molar-refractivity contribution in [1.29, 1.82) is 0 Å². The van der Waals surface area contributed by atoms with Gasteiger partial charge in [-0.2, -0.15) is 9.61 Å². The second-order valence-corrected chi connectivity index (χ2v) is 6.24. The lowest BCUT2D eigenvalue weighted by atomic mass is 10.0. The molecule has 1 saturated carbocycles. The Hall–Kier alpha value is -1.31. The number of aromatic nitrogens is 3. The standard InChI is InChI=1S/C13H19N5OS/c1-17(11-4-2-3-9(11)6-14)7-10-5-12(19)18-13(16-10)20-8-15-18/h5,8-9,11H,2-4,6-7,14H2,1H3. The lowest BCUT2D eigenvalue weighted by Gasteiger charge is -2.28. The summed E-state index contributed by atoms with van der Waals surface area (Å²) in [6.07, 6.45) is 3.62. The van der Waals surface area contributed by atoms with Crippen molar-refractivity contribution in [2.24, 2.45) is 11.7 Å². The van der Waals surface area contributed by atoms with Crippen molar-refractivity contribution >= 4 is 16.3 Å². The fraction of sp³-hybridized carbons (Fsp3) is 0.615. The van der Waals surface area contributed by atoms with E-state index in [4.69, 9.17) is 5.73 Å². The zero-order chi connectivity index (χ0) is 14.1.